The first kappa shape index (κ1) is 18.2. The third-order valence-corrected chi connectivity index (χ3v) is 3.56. The predicted molar refractivity (Wildman–Crippen MR) is 89.9 cm³/mol. The second-order valence-corrected chi connectivity index (χ2v) is 5.61. The van der Waals surface area contributed by atoms with Crippen molar-refractivity contribution in [2.75, 3.05) is 20.3 Å². The lowest BCUT2D eigenvalue weighted by Gasteiger charge is -2.17. The van der Waals surface area contributed by atoms with Gasteiger partial charge in [-0.15, -0.1) is 0 Å². The first-order valence-corrected chi connectivity index (χ1v) is 7.75. The summed E-state index contributed by atoms with van der Waals surface area (Å²) in [5, 5.41) is 3.40. The second-order valence-electron chi connectivity index (χ2n) is 5.61. The lowest BCUT2D eigenvalue weighted by atomic mass is 10.1. The van der Waals surface area contributed by atoms with Gasteiger partial charge >= 0.3 is 5.97 Å². The van der Waals surface area contributed by atoms with E-state index in [1.54, 1.807) is 13.2 Å². The molecule has 1 rings (SSSR count). The molecule has 0 amide bonds. The molecule has 4 heteroatoms. The third-order valence-electron chi connectivity index (χ3n) is 3.56. The number of ether oxygens (including phenoxy) is 2. The lowest BCUT2D eigenvalue weighted by molar-refractivity contribution is -0.137. The Hall–Kier alpha value is -1.81. The Kier molecular flexibility index (Phi) is 8.30. The van der Waals surface area contributed by atoms with E-state index in [1.807, 2.05) is 24.3 Å². The first-order chi connectivity index (χ1) is 10.5. The molecule has 0 bridgehead atoms. The molecule has 0 saturated heterocycles. The monoisotopic (exact) mass is 305 g/mol. The maximum absolute atomic E-state index is 11.6. The molecule has 0 fully saturated rings. The molecule has 0 unspecified atom stereocenters. The number of rotatable bonds is 9. The van der Waals surface area contributed by atoms with Gasteiger partial charge in [-0.3, -0.25) is 0 Å². The van der Waals surface area contributed by atoms with E-state index in [9.17, 15) is 4.79 Å². The van der Waals surface area contributed by atoms with Crippen LogP contribution in [0.25, 0.3) is 6.08 Å². The van der Waals surface area contributed by atoms with Crippen LogP contribution in [0.5, 0.6) is 5.75 Å². The van der Waals surface area contributed by atoms with Crippen molar-refractivity contribution >= 4 is 12.0 Å². The van der Waals surface area contributed by atoms with E-state index in [-0.39, 0.29) is 5.97 Å². The van der Waals surface area contributed by atoms with Crippen molar-refractivity contribution in [2.24, 2.45) is 5.92 Å². The van der Waals surface area contributed by atoms with E-state index in [2.05, 4.69) is 26.1 Å². The maximum Gasteiger partial charge on any atom is 0.330 e. The lowest BCUT2D eigenvalue weighted by Crippen LogP contribution is -2.32. The minimum Gasteiger partial charge on any atom is -0.497 e. The number of methoxy groups -OCH3 is 1. The summed E-state index contributed by atoms with van der Waals surface area (Å²) >= 11 is 0. The molecule has 0 spiro atoms. The fourth-order valence-electron chi connectivity index (χ4n) is 1.74. The van der Waals surface area contributed by atoms with Gasteiger partial charge in [0.1, 0.15) is 5.75 Å². The van der Waals surface area contributed by atoms with Gasteiger partial charge in [0.05, 0.1) is 13.7 Å². The van der Waals surface area contributed by atoms with Crippen molar-refractivity contribution in [2.45, 2.75) is 33.2 Å². The molecule has 0 aromatic heterocycles. The van der Waals surface area contributed by atoms with Crippen molar-refractivity contribution in [1.82, 2.24) is 5.32 Å². The molecule has 1 N–H and O–H groups in total. The molecule has 1 atom stereocenters. The fourth-order valence-corrected chi connectivity index (χ4v) is 1.74. The van der Waals surface area contributed by atoms with Gasteiger partial charge in [0.25, 0.3) is 0 Å². The largest absolute Gasteiger partial charge is 0.497 e. The van der Waals surface area contributed by atoms with E-state index in [0.717, 1.165) is 24.3 Å². The highest BCUT2D eigenvalue weighted by Gasteiger charge is 2.05. The summed E-state index contributed by atoms with van der Waals surface area (Å²) in [4.78, 5) is 11.6. The maximum atomic E-state index is 11.6. The number of carbonyl (C=O) groups excluding carboxylic acids is 1. The van der Waals surface area contributed by atoms with E-state index >= 15 is 0 Å². The van der Waals surface area contributed by atoms with Crippen LogP contribution in [-0.4, -0.2) is 32.3 Å². The zero-order valence-electron chi connectivity index (χ0n) is 14.0. The molecule has 1 aromatic carbocycles. The van der Waals surface area contributed by atoms with Crippen LogP contribution in [0.3, 0.4) is 0 Å². The van der Waals surface area contributed by atoms with Crippen LogP contribution in [-0.2, 0) is 9.53 Å². The number of hydrogen-bond acceptors (Lipinski definition) is 4. The Labute approximate surface area is 133 Å². The highest BCUT2D eigenvalue weighted by atomic mass is 16.5. The minimum absolute atomic E-state index is 0.312. The Balaban J connectivity index is 2.21. The molecule has 0 saturated carbocycles. The summed E-state index contributed by atoms with van der Waals surface area (Å²) in [6, 6.07) is 7.96. The van der Waals surface area contributed by atoms with Gasteiger partial charge < -0.3 is 14.8 Å². The smallest absolute Gasteiger partial charge is 0.330 e. The SMILES string of the molecule is COc1ccc(/C=C/C(=O)OCCCN[C@H](C)C(C)C)cc1. The van der Waals surface area contributed by atoms with E-state index in [1.165, 1.54) is 6.08 Å². The first-order valence-electron chi connectivity index (χ1n) is 7.75. The van der Waals surface area contributed by atoms with Crippen molar-refractivity contribution in [1.29, 1.82) is 0 Å². The summed E-state index contributed by atoms with van der Waals surface area (Å²) in [5.74, 6) is 1.09. The van der Waals surface area contributed by atoms with Crippen molar-refractivity contribution in [3.8, 4) is 5.75 Å². The zero-order valence-corrected chi connectivity index (χ0v) is 14.0. The quantitative estimate of drug-likeness (QED) is 0.432. The van der Waals surface area contributed by atoms with Crippen LogP contribution in [0.2, 0.25) is 0 Å². The van der Waals surface area contributed by atoms with E-state index in [4.69, 9.17) is 9.47 Å². The normalized spacial score (nSPS) is 12.6. The highest BCUT2D eigenvalue weighted by Crippen LogP contribution is 2.12. The van der Waals surface area contributed by atoms with Crippen LogP contribution in [0.1, 0.15) is 32.8 Å². The summed E-state index contributed by atoms with van der Waals surface area (Å²) in [6.07, 6.45) is 4.01. The molecule has 1 aromatic rings. The Morgan fingerprint density at radius 3 is 2.50 bits per heavy atom. The number of nitrogens with one attached hydrogen (secondary N) is 1. The summed E-state index contributed by atoms with van der Waals surface area (Å²) in [7, 11) is 1.62. The molecule has 4 nitrogen and oxygen atoms in total. The van der Waals surface area contributed by atoms with Crippen molar-refractivity contribution in [3.05, 3.63) is 35.9 Å². The number of carbonyl (C=O) groups is 1. The summed E-state index contributed by atoms with van der Waals surface area (Å²) < 4.78 is 10.2. The van der Waals surface area contributed by atoms with Gasteiger partial charge in [0, 0.05) is 12.1 Å². The van der Waals surface area contributed by atoms with Crippen molar-refractivity contribution in [3.63, 3.8) is 0 Å². The molecular formula is C18H27NO3. The molecule has 0 heterocycles. The third kappa shape index (κ3) is 7.27. The number of esters is 1. The van der Waals surface area contributed by atoms with Gasteiger partial charge in [-0.25, -0.2) is 4.79 Å². The topological polar surface area (TPSA) is 47.6 Å². The molecular weight excluding hydrogens is 278 g/mol. The molecule has 0 aliphatic heterocycles. The van der Waals surface area contributed by atoms with Crippen LogP contribution >= 0.6 is 0 Å². The average Bonchev–Trinajstić information content (AvgIpc) is 2.52. The van der Waals surface area contributed by atoms with E-state index < -0.39 is 0 Å². The van der Waals surface area contributed by atoms with Crippen LogP contribution < -0.4 is 10.1 Å². The van der Waals surface area contributed by atoms with Crippen molar-refractivity contribution < 1.29 is 14.3 Å². The van der Waals surface area contributed by atoms with E-state index in [0.29, 0.717) is 18.6 Å². The molecule has 0 radical (unpaired) electrons. The average molecular weight is 305 g/mol. The number of benzene rings is 1. The molecule has 22 heavy (non-hydrogen) atoms. The summed E-state index contributed by atoms with van der Waals surface area (Å²) in [5.41, 5.74) is 0.935. The zero-order chi connectivity index (χ0) is 16.4. The van der Waals surface area contributed by atoms with Gasteiger partial charge in [0.2, 0.25) is 0 Å². The second kappa shape index (κ2) is 10.0. The van der Waals surface area contributed by atoms with Crippen LogP contribution in [0, 0.1) is 5.92 Å². The molecule has 0 aliphatic rings. The fraction of sp³-hybridized carbons (Fsp3) is 0.500. The summed E-state index contributed by atoms with van der Waals surface area (Å²) in [6.45, 7) is 7.82. The molecule has 0 aliphatic carbocycles. The number of hydrogen-bond donors (Lipinski definition) is 1. The Morgan fingerprint density at radius 2 is 1.91 bits per heavy atom. The molecule has 122 valence electrons. The Morgan fingerprint density at radius 1 is 1.23 bits per heavy atom. The van der Waals surface area contributed by atoms with Crippen LogP contribution in [0.4, 0.5) is 0 Å². The van der Waals surface area contributed by atoms with Crippen LogP contribution in [0.15, 0.2) is 30.3 Å². The highest BCUT2D eigenvalue weighted by molar-refractivity contribution is 5.87. The van der Waals surface area contributed by atoms with Gasteiger partial charge in [-0.05, 0) is 49.6 Å². The van der Waals surface area contributed by atoms with Gasteiger partial charge in [0.15, 0.2) is 0 Å². The van der Waals surface area contributed by atoms with Gasteiger partial charge in [-0.2, -0.15) is 0 Å². The minimum atomic E-state index is -0.312. The predicted octanol–water partition coefficient (Wildman–Crippen LogP) is 3.28. The standard InChI is InChI=1S/C18H27NO3/c1-14(2)15(3)19-12-5-13-22-18(20)11-8-16-6-9-17(21-4)10-7-16/h6-11,14-15,19H,5,12-13H2,1-4H3/b11-8+/t15-/m1/s1. The Bertz CT molecular complexity index is 466. The van der Waals surface area contributed by atoms with Gasteiger partial charge in [-0.1, -0.05) is 26.0 Å².